The Morgan fingerprint density at radius 3 is 2.55 bits per heavy atom. The van der Waals surface area contributed by atoms with E-state index in [0.29, 0.717) is 11.8 Å². The molecule has 0 bridgehead atoms. The Morgan fingerprint density at radius 2 is 2.27 bits per heavy atom. The minimum absolute atomic E-state index is 0.128. The molecule has 1 aliphatic carbocycles. The number of aliphatic hydroxyl groups is 1. The fourth-order valence-electron chi connectivity index (χ4n) is 1.63. The maximum absolute atomic E-state index is 9.65. The third-order valence-electron chi connectivity index (χ3n) is 2.48. The highest BCUT2D eigenvalue weighted by Gasteiger charge is 2.29. The second-order valence-electron chi connectivity index (χ2n) is 4.00. The van der Waals surface area contributed by atoms with E-state index in [0.717, 1.165) is 19.3 Å². The lowest BCUT2D eigenvalue weighted by atomic mass is 9.75. The van der Waals surface area contributed by atoms with Gasteiger partial charge in [0.25, 0.3) is 0 Å². The van der Waals surface area contributed by atoms with Crippen LogP contribution in [-0.4, -0.2) is 11.2 Å². The van der Waals surface area contributed by atoms with Crippen LogP contribution in [0.4, 0.5) is 0 Å². The summed E-state index contributed by atoms with van der Waals surface area (Å²) in [4.78, 5) is 0. The summed E-state index contributed by atoms with van der Waals surface area (Å²) in [6.07, 6.45) is 3.06. The smallest absolute Gasteiger partial charge is 0.0607 e. The maximum Gasteiger partial charge on any atom is 0.0607 e. The van der Waals surface area contributed by atoms with Crippen molar-refractivity contribution >= 4 is 0 Å². The molecule has 2 atom stereocenters. The zero-order chi connectivity index (χ0) is 8.43. The van der Waals surface area contributed by atoms with Crippen LogP contribution in [0.1, 0.15) is 33.1 Å². The van der Waals surface area contributed by atoms with E-state index in [1.54, 1.807) is 0 Å². The Hall–Kier alpha value is -0.300. The topological polar surface area (TPSA) is 20.2 Å². The minimum atomic E-state index is -0.128. The van der Waals surface area contributed by atoms with Gasteiger partial charge in [0.1, 0.15) is 0 Å². The molecule has 1 heteroatoms. The van der Waals surface area contributed by atoms with Gasteiger partial charge in [-0.15, -0.1) is 0 Å². The lowest BCUT2D eigenvalue weighted by Gasteiger charge is -2.33. The number of rotatable bonds is 3. The minimum Gasteiger partial charge on any atom is -0.392 e. The van der Waals surface area contributed by atoms with Gasteiger partial charge in [-0.2, -0.15) is 0 Å². The largest absolute Gasteiger partial charge is 0.392 e. The van der Waals surface area contributed by atoms with Crippen LogP contribution in [0, 0.1) is 11.8 Å². The standard InChI is InChI=1S/C10H18O/c1-7(2)6-10(11)9-5-4-8(9)3/h7,9-11H,3-6H2,1-2H3. The Labute approximate surface area is 69.1 Å². The van der Waals surface area contributed by atoms with Crippen molar-refractivity contribution in [3.05, 3.63) is 12.2 Å². The summed E-state index contributed by atoms with van der Waals surface area (Å²) in [6.45, 7) is 8.20. The predicted octanol–water partition coefficient (Wildman–Crippen LogP) is 2.36. The van der Waals surface area contributed by atoms with Crippen LogP contribution in [0.2, 0.25) is 0 Å². The molecule has 0 amide bonds. The van der Waals surface area contributed by atoms with Crippen molar-refractivity contribution in [3.8, 4) is 0 Å². The van der Waals surface area contributed by atoms with Crippen molar-refractivity contribution in [2.24, 2.45) is 11.8 Å². The van der Waals surface area contributed by atoms with E-state index in [1.807, 2.05) is 0 Å². The first-order chi connectivity index (χ1) is 5.11. The molecule has 0 saturated heterocycles. The maximum atomic E-state index is 9.65. The summed E-state index contributed by atoms with van der Waals surface area (Å²) < 4.78 is 0. The molecule has 1 N–H and O–H groups in total. The van der Waals surface area contributed by atoms with Gasteiger partial charge < -0.3 is 5.11 Å². The van der Waals surface area contributed by atoms with Crippen molar-refractivity contribution in [2.45, 2.75) is 39.2 Å². The summed E-state index contributed by atoms with van der Waals surface area (Å²) in [5.74, 6) is 1.01. The van der Waals surface area contributed by atoms with Crippen LogP contribution in [0.3, 0.4) is 0 Å². The molecule has 1 rings (SSSR count). The molecule has 0 spiro atoms. The second-order valence-corrected chi connectivity index (χ2v) is 4.00. The van der Waals surface area contributed by atoms with Crippen LogP contribution in [-0.2, 0) is 0 Å². The molecule has 1 nitrogen and oxygen atoms in total. The van der Waals surface area contributed by atoms with E-state index in [2.05, 4.69) is 20.4 Å². The van der Waals surface area contributed by atoms with Crippen LogP contribution < -0.4 is 0 Å². The number of aliphatic hydroxyl groups excluding tert-OH is 1. The molecule has 0 heterocycles. The first-order valence-corrected chi connectivity index (χ1v) is 4.47. The second kappa shape index (κ2) is 3.40. The van der Waals surface area contributed by atoms with E-state index in [9.17, 15) is 5.11 Å². The molecule has 11 heavy (non-hydrogen) atoms. The third-order valence-corrected chi connectivity index (χ3v) is 2.48. The molecule has 0 aliphatic heterocycles. The van der Waals surface area contributed by atoms with Gasteiger partial charge in [0.05, 0.1) is 6.10 Å². The first-order valence-electron chi connectivity index (χ1n) is 4.47. The summed E-state index contributed by atoms with van der Waals surface area (Å²) in [7, 11) is 0. The normalized spacial score (nSPS) is 26.9. The number of hydrogen-bond donors (Lipinski definition) is 1. The number of hydrogen-bond acceptors (Lipinski definition) is 1. The molecule has 1 saturated carbocycles. The van der Waals surface area contributed by atoms with Crippen LogP contribution >= 0.6 is 0 Å². The van der Waals surface area contributed by atoms with Gasteiger partial charge >= 0.3 is 0 Å². The van der Waals surface area contributed by atoms with E-state index in [4.69, 9.17) is 0 Å². The SMILES string of the molecule is C=C1CCC1C(O)CC(C)C. The molecule has 64 valence electrons. The molecule has 2 unspecified atom stereocenters. The van der Waals surface area contributed by atoms with Crippen molar-refractivity contribution in [2.75, 3.05) is 0 Å². The van der Waals surface area contributed by atoms with Gasteiger partial charge in [-0.05, 0) is 25.2 Å². The zero-order valence-electron chi connectivity index (χ0n) is 7.51. The van der Waals surface area contributed by atoms with E-state index in [1.165, 1.54) is 5.57 Å². The molecule has 0 aromatic rings. The average Bonchev–Trinajstić information content (AvgIpc) is 1.82. The lowest BCUT2D eigenvalue weighted by molar-refractivity contribution is 0.0792. The zero-order valence-corrected chi connectivity index (χ0v) is 7.51. The third kappa shape index (κ3) is 2.06. The van der Waals surface area contributed by atoms with Gasteiger partial charge in [-0.3, -0.25) is 0 Å². The highest BCUT2D eigenvalue weighted by atomic mass is 16.3. The molecular weight excluding hydrogens is 136 g/mol. The summed E-state index contributed by atoms with van der Waals surface area (Å²) >= 11 is 0. The lowest BCUT2D eigenvalue weighted by Crippen LogP contribution is -2.29. The van der Waals surface area contributed by atoms with Gasteiger partial charge in [0, 0.05) is 5.92 Å². The molecule has 0 aromatic heterocycles. The predicted molar refractivity (Wildman–Crippen MR) is 47.3 cm³/mol. The molecule has 0 radical (unpaired) electrons. The van der Waals surface area contributed by atoms with Crippen LogP contribution in [0.5, 0.6) is 0 Å². The summed E-state index contributed by atoms with van der Waals surface area (Å²) in [5, 5.41) is 9.65. The van der Waals surface area contributed by atoms with E-state index in [-0.39, 0.29) is 6.10 Å². The molecule has 1 fully saturated rings. The Morgan fingerprint density at radius 1 is 1.64 bits per heavy atom. The van der Waals surface area contributed by atoms with Gasteiger partial charge in [0.15, 0.2) is 0 Å². The summed E-state index contributed by atoms with van der Waals surface area (Å²) in [6, 6.07) is 0. The quantitative estimate of drug-likeness (QED) is 0.619. The monoisotopic (exact) mass is 154 g/mol. The first kappa shape index (κ1) is 8.79. The fourth-order valence-corrected chi connectivity index (χ4v) is 1.63. The van der Waals surface area contributed by atoms with E-state index >= 15 is 0 Å². The fraction of sp³-hybridized carbons (Fsp3) is 0.800. The highest BCUT2D eigenvalue weighted by Crippen LogP contribution is 2.36. The molecule has 0 aromatic carbocycles. The van der Waals surface area contributed by atoms with Gasteiger partial charge in [-0.25, -0.2) is 0 Å². The van der Waals surface area contributed by atoms with Crippen LogP contribution in [0.25, 0.3) is 0 Å². The van der Waals surface area contributed by atoms with Crippen LogP contribution in [0.15, 0.2) is 12.2 Å². The van der Waals surface area contributed by atoms with Gasteiger partial charge in [0.2, 0.25) is 0 Å². The average molecular weight is 154 g/mol. The Kier molecular flexibility index (Phi) is 2.72. The van der Waals surface area contributed by atoms with Crippen molar-refractivity contribution < 1.29 is 5.11 Å². The Balaban J connectivity index is 2.29. The van der Waals surface area contributed by atoms with Crippen molar-refractivity contribution in [1.29, 1.82) is 0 Å². The summed E-state index contributed by atoms with van der Waals surface area (Å²) in [5.41, 5.74) is 1.25. The van der Waals surface area contributed by atoms with Crippen molar-refractivity contribution in [3.63, 3.8) is 0 Å². The molecular formula is C10H18O. The molecule has 1 aliphatic rings. The van der Waals surface area contributed by atoms with Crippen molar-refractivity contribution in [1.82, 2.24) is 0 Å². The van der Waals surface area contributed by atoms with E-state index < -0.39 is 0 Å². The van der Waals surface area contributed by atoms with Gasteiger partial charge in [-0.1, -0.05) is 26.0 Å². The Bertz CT molecular complexity index is 149. The highest BCUT2D eigenvalue weighted by molar-refractivity contribution is 5.12.